The van der Waals surface area contributed by atoms with E-state index in [4.69, 9.17) is 5.11 Å². The van der Waals surface area contributed by atoms with Gasteiger partial charge in [0.15, 0.2) is 5.75 Å². The van der Waals surface area contributed by atoms with Gasteiger partial charge >= 0.3 is 0 Å². The van der Waals surface area contributed by atoms with Crippen LogP contribution in [-0.4, -0.2) is 5.11 Å². The van der Waals surface area contributed by atoms with E-state index in [0.717, 1.165) is 0 Å². The largest absolute Gasteiger partial charge is 0.504 e. The topological polar surface area (TPSA) is 67.5 Å². The van der Waals surface area contributed by atoms with Gasteiger partial charge in [-0.15, -0.1) is 0 Å². The second kappa shape index (κ2) is 1.53. The van der Waals surface area contributed by atoms with Gasteiger partial charge in [0.1, 0.15) is 0 Å². The third-order valence-corrected chi connectivity index (χ3v) is 1.69. The SMILES string of the molecule is Cc1c(O)c(=O)c2oc=2c1=O. The van der Waals surface area contributed by atoms with E-state index in [0.29, 0.717) is 0 Å². The summed E-state index contributed by atoms with van der Waals surface area (Å²) in [6, 6.07) is 0. The molecule has 56 valence electrons. The highest BCUT2D eigenvalue weighted by molar-refractivity contribution is 5.31. The van der Waals surface area contributed by atoms with Crippen LogP contribution in [0.5, 0.6) is 5.75 Å². The Hall–Kier alpha value is -1.58. The molecule has 0 spiro atoms. The molecule has 0 saturated heterocycles. The lowest BCUT2D eigenvalue weighted by molar-refractivity contribution is 0.464. The van der Waals surface area contributed by atoms with E-state index in [1.54, 1.807) is 0 Å². The highest BCUT2D eigenvalue weighted by atomic mass is 16.4. The summed E-state index contributed by atoms with van der Waals surface area (Å²) in [7, 11) is 0. The van der Waals surface area contributed by atoms with Gasteiger partial charge in [-0.05, 0) is 6.92 Å². The molecule has 0 atom stereocenters. The molecule has 0 amide bonds. The van der Waals surface area contributed by atoms with Crippen molar-refractivity contribution in [2.45, 2.75) is 6.92 Å². The zero-order valence-electron chi connectivity index (χ0n) is 5.67. The molecule has 0 fully saturated rings. The summed E-state index contributed by atoms with van der Waals surface area (Å²) in [5, 5.41) is 9.01. The van der Waals surface area contributed by atoms with E-state index in [-0.39, 0.29) is 16.4 Å². The second-order valence-corrected chi connectivity index (χ2v) is 2.39. The van der Waals surface area contributed by atoms with Crippen LogP contribution in [0.2, 0.25) is 0 Å². The van der Waals surface area contributed by atoms with Crippen molar-refractivity contribution in [2.24, 2.45) is 0 Å². The van der Waals surface area contributed by atoms with Gasteiger partial charge in [-0.3, -0.25) is 9.59 Å². The Balaban J connectivity index is 3.20. The van der Waals surface area contributed by atoms with Crippen LogP contribution in [0.25, 0.3) is 0 Å². The fraction of sp³-hybridized carbons (Fsp3) is 0.143. The third kappa shape index (κ3) is 0.582. The van der Waals surface area contributed by atoms with Crippen LogP contribution in [0.4, 0.5) is 0 Å². The number of hydrogen-bond donors (Lipinski definition) is 1. The maximum atomic E-state index is 11.0. The predicted octanol–water partition coefficient (Wildman–Crippen LogP) is -0.386. The minimum Gasteiger partial charge on any atom is -0.504 e. The van der Waals surface area contributed by atoms with Gasteiger partial charge in [0, 0.05) is 5.56 Å². The van der Waals surface area contributed by atoms with E-state index in [1.807, 2.05) is 0 Å². The van der Waals surface area contributed by atoms with Gasteiger partial charge in [0.2, 0.25) is 16.3 Å². The molecule has 2 aliphatic rings. The van der Waals surface area contributed by atoms with E-state index >= 15 is 0 Å². The molecule has 1 aliphatic heterocycles. The van der Waals surface area contributed by atoms with Crippen molar-refractivity contribution in [3.05, 3.63) is 36.8 Å². The molecule has 11 heavy (non-hydrogen) atoms. The monoisotopic (exact) mass is 152 g/mol. The molecule has 4 heteroatoms. The fourth-order valence-corrected chi connectivity index (χ4v) is 0.931. The van der Waals surface area contributed by atoms with Gasteiger partial charge in [-0.1, -0.05) is 0 Å². The average Bonchev–Trinajstić information content (AvgIpc) is 2.76. The van der Waals surface area contributed by atoms with Crippen LogP contribution in [0.3, 0.4) is 0 Å². The first-order valence-corrected chi connectivity index (χ1v) is 3.04. The van der Waals surface area contributed by atoms with Gasteiger partial charge in [0.25, 0.3) is 5.43 Å². The predicted molar refractivity (Wildman–Crippen MR) is 35.3 cm³/mol. The molecule has 1 N–H and O–H groups in total. The first-order valence-electron chi connectivity index (χ1n) is 3.04. The zero-order chi connectivity index (χ0) is 8.17. The molecule has 2 rings (SSSR count). The van der Waals surface area contributed by atoms with E-state index in [2.05, 4.69) is 4.42 Å². The standard InChI is InChI=1S/C7H4O4/c1-2-3(8)5(10)7-6(11-7)4(2)9/h8H,1H3. The summed E-state index contributed by atoms with van der Waals surface area (Å²) in [5.41, 5.74) is -0.830. The van der Waals surface area contributed by atoms with Gasteiger partial charge in [-0.2, -0.15) is 0 Å². The smallest absolute Gasteiger partial charge is 0.266 e. The molecule has 1 aliphatic carbocycles. The van der Waals surface area contributed by atoms with Crippen LogP contribution in [0, 0.1) is 17.8 Å². The molecule has 0 aromatic rings. The van der Waals surface area contributed by atoms with Gasteiger partial charge in [-0.25, -0.2) is 0 Å². The summed E-state index contributed by atoms with van der Waals surface area (Å²) in [5.74, 6) is -0.494. The average molecular weight is 152 g/mol. The Morgan fingerprint density at radius 2 is 1.73 bits per heavy atom. The van der Waals surface area contributed by atoms with Crippen molar-refractivity contribution in [3.8, 4) is 5.75 Å². The fourth-order valence-electron chi connectivity index (χ4n) is 0.931. The van der Waals surface area contributed by atoms with Gasteiger partial charge < -0.3 is 9.52 Å². The summed E-state index contributed by atoms with van der Waals surface area (Å²) in [4.78, 5) is 21.8. The molecule has 0 unspecified atom stereocenters. The third-order valence-electron chi connectivity index (χ3n) is 1.69. The Morgan fingerprint density at radius 1 is 1.18 bits per heavy atom. The Kier molecular flexibility index (Phi) is 0.854. The van der Waals surface area contributed by atoms with E-state index < -0.39 is 16.6 Å². The molecule has 0 saturated carbocycles. The lowest BCUT2D eigenvalue weighted by Crippen LogP contribution is -2.10. The maximum Gasteiger partial charge on any atom is 0.266 e. The normalized spacial score (nSPS) is 11.4. The molecular formula is C7H4O4. The van der Waals surface area contributed by atoms with Crippen LogP contribution in [0.1, 0.15) is 5.56 Å². The Labute approximate surface area is 60.0 Å². The lowest BCUT2D eigenvalue weighted by atomic mass is 10.2. The first kappa shape index (κ1) is 6.15. The van der Waals surface area contributed by atoms with Crippen LogP contribution < -0.4 is 10.9 Å². The van der Waals surface area contributed by atoms with Crippen LogP contribution in [-0.2, 0) is 0 Å². The minimum atomic E-state index is -0.586. The van der Waals surface area contributed by atoms with Crippen molar-refractivity contribution >= 4 is 0 Å². The number of rotatable bonds is 0. The van der Waals surface area contributed by atoms with Crippen LogP contribution >= 0.6 is 0 Å². The minimum absolute atomic E-state index is 0.00176. The van der Waals surface area contributed by atoms with Crippen molar-refractivity contribution in [2.75, 3.05) is 0 Å². The second-order valence-electron chi connectivity index (χ2n) is 2.39. The molecule has 0 aromatic heterocycles. The first-order chi connectivity index (χ1) is 5.13. The highest BCUT2D eigenvalue weighted by Crippen LogP contribution is 2.08. The maximum absolute atomic E-state index is 11.0. The van der Waals surface area contributed by atoms with E-state index in [9.17, 15) is 9.59 Å². The summed E-state index contributed by atoms with van der Waals surface area (Å²) in [6.07, 6.45) is 0. The molecular weight excluding hydrogens is 148 g/mol. The Bertz CT molecular complexity index is 490. The summed E-state index contributed by atoms with van der Waals surface area (Å²) < 4.78 is 4.58. The van der Waals surface area contributed by atoms with Crippen molar-refractivity contribution in [3.63, 3.8) is 0 Å². The highest BCUT2D eigenvalue weighted by Gasteiger charge is 2.18. The van der Waals surface area contributed by atoms with E-state index in [1.165, 1.54) is 6.92 Å². The quantitative estimate of drug-likeness (QED) is 0.558. The zero-order valence-corrected chi connectivity index (χ0v) is 5.67. The molecule has 4 nitrogen and oxygen atoms in total. The Morgan fingerprint density at radius 3 is 2.36 bits per heavy atom. The molecule has 0 aromatic carbocycles. The molecule has 1 heterocycles. The number of hydrogen-bond acceptors (Lipinski definition) is 4. The van der Waals surface area contributed by atoms with Crippen molar-refractivity contribution in [1.82, 2.24) is 0 Å². The van der Waals surface area contributed by atoms with Crippen molar-refractivity contribution < 1.29 is 9.52 Å². The van der Waals surface area contributed by atoms with Gasteiger partial charge in [0.05, 0.1) is 0 Å². The lowest BCUT2D eigenvalue weighted by Gasteiger charge is -1.86. The molecule has 0 radical (unpaired) electrons. The van der Waals surface area contributed by atoms with Crippen LogP contribution in [0.15, 0.2) is 14.0 Å². The summed E-state index contributed by atoms with van der Waals surface area (Å²) in [6.45, 7) is 1.39. The summed E-state index contributed by atoms with van der Waals surface area (Å²) >= 11 is 0. The number of aromatic hydroxyl groups is 1. The molecule has 0 bridgehead atoms. The van der Waals surface area contributed by atoms with Crippen molar-refractivity contribution in [1.29, 1.82) is 0 Å².